The van der Waals surface area contributed by atoms with Crippen LogP contribution in [-0.2, 0) is 16.9 Å². The second kappa shape index (κ2) is 4.25. The first-order valence-corrected chi connectivity index (χ1v) is 5.35. The molecule has 0 spiro atoms. The Labute approximate surface area is 78.9 Å². The Kier molecular flexibility index (Phi) is 3.27. The van der Waals surface area contributed by atoms with Crippen LogP contribution in [0.3, 0.4) is 0 Å². The molecule has 0 saturated heterocycles. The first-order valence-electron chi connectivity index (χ1n) is 3.63. The first-order chi connectivity index (χ1) is 6.09. The molecule has 0 amide bonds. The van der Waals surface area contributed by atoms with E-state index in [0.717, 1.165) is 5.56 Å². The van der Waals surface area contributed by atoms with Crippen molar-refractivity contribution < 1.29 is 9.48 Å². The van der Waals surface area contributed by atoms with E-state index in [2.05, 4.69) is 0 Å². The van der Waals surface area contributed by atoms with E-state index in [-0.39, 0.29) is 5.69 Å². The molecule has 1 aromatic carbocycles. The van der Waals surface area contributed by atoms with Gasteiger partial charge in [-0.1, -0.05) is 11.2 Å². The molecule has 0 N–H and O–H groups in total. The quantitative estimate of drug-likeness (QED) is 0.420. The molecule has 1 rings (SSSR count). The van der Waals surface area contributed by atoms with E-state index in [1.807, 2.05) is 0 Å². The second-order valence-electron chi connectivity index (χ2n) is 2.64. The minimum absolute atomic E-state index is 0.0608. The molecular weight excluding hydrogens is 190 g/mol. The van der Waals surface area contributed by atoms with Crippen LogP contribution in [0.25, 0.3) is 0 Å². The van der Waals surface area contributed by atoms with Gasteiger partial charge in [0, 0.05) is 17.7 Å². The van der Waals surface area contributed by atoms with Gasteiger partial charge in [-0.15, -0.1) is 0 Å². The average molecular weight is 199 g/mol. The summed E-state index contributed by atoms with van der Waals surface area (Å²) in [6, 6.07) is 6.09. The van der Waals surface area contributed by atoms with E-state index < -0.39 is 16.1 Å². The molecule has 0 aliphatic carbocycles. The Balaban J connectivity index is 2.75. The van der Waals surface area contributed by atoms with Crippen LogP contribution in [0.15, 0.2) is 24.3 Å². The van der Waals surface area contributed by atoms with Crippen LogP contribution in [0.4, 0.5) is 5.69 Å². The summed E-state index contributed by atoms with van der Waals surface area (Å²) in [7, 11) is 0. The van der Waals surface area contributed by atoms with E-state index in [1.54, 1.807) is 18.4 Å². The van der Waals surface area contributed by atoms with Gasteiger partial charge in [-0.05, 0) is 12.1 Å². The number of nitro benzene ring substituents is 1. The molecule has 5 heteroatoms. The summed E-state index contributed by atoms with van der Waals surface area (Å²) in [5.41, 5.74) is 0.914. The molecule has 1 unspecified atom stereocenters. The van der Waals surface area contributed by atoms with Crippen LogP contribution in [0.5, 0.6) is 0 Å². The van der Waals surface area contributed by atoms with E-state index in [9.17, 15) is 14.7 Å². The molecular formula is C8H9NO3S. The van der Waals surface area contributed by atoms with Crippen LogP contribution < -0.4 is 0 Å². The van der Waals surface area contributed by atoms with Gasteiger partial charge in [0.1, 0.15) is 5.75 Å². The zero-order valence-electron chi connectivity index (χ0n) is 7.10. The summed E-state index contributed by atoms with van der Waals surface area (Å²) < 4.78 is 10.8. The molecule has 4 nitrogen and oxygen atoms in total. The third-order valence-electron chi connectivity index (χ3n) is 1.52. The normalized spacial score (nSPS) is 12.5. The van der Waals surface area contributed by atoms with E-state index in [1.165, 1.54) is 12.1 Å². The molecule has 0 heterocycles. The highest BCUT2D eigenvalue weighted by Gasteiger charge is 2.05. The van der Waals surface area contributed by atoms with Crippen molar-refractivity contribution in [3.63, 3.8) is 0 Å². The summed E-state index contributed by atoms with van der Waals surface area (Å²) >= 11 is -0.904. The van der Waals surface area contributed by atoms with Gasteiger partial charge in [-0.3, -0.25) is 10.1 Å². The molecule has 0 radical (unpaired) electrons. The molecule has 0 aliphatic heterocycles. The van der Waals surface area contributed by atoms with Crippen molar-refractivity contribution in [2.24, 2.45) is 0 Å². The molecule has 13 heavy (non-hydrogen) atoms. The standard InChI is InChI=1S/C8H9NO3S/c1-13(12)6-7-2-4-8(5-3-7)9(10)11/h2-5H,6H2,1H3. The first kappa shape index (κ1) is 10.0. The van der Waals surface area contributed by atoms with Gasteiger partial charge in [0.2, 0.25) is 0 Å². The molecule has 0 fully saturated rings. The van der Waals surface area contributed by atoms with Gasteiger partial charge in [-0.25, -0.2) is 0 Å². The molecule has 70 valence electrons. The zero-order valence-corrected chi connectivity index (χ0v) is 7.91. The largest absolute Gasteiger partial charge is 0.616 e. The van der Waals surface area contributed by atoms with Crippen molar-refractivity contribution in [2.75, 3.05) is 6.26 Å². The smallest absolute Gasteiger partial charge is 0.269 e. The molecule has 1 atom stereocenters. The lowest BCUT2D eigenvalue weighted by atomic mass is 10.2. The number of nitrogens with zero attached hydrogens (tertiary/aromatic N) is 1. The number of hydrogen-bond donors (Lipinski definition) is 0. The number of benzene rings is 1. The van der Waals surface area contributed by atoms with Crippen LogP contribution in [0.1, 0.15) is 5.56 Å². The van der Waals surface area contributed by atoms with Gasteiger partial charge in [-0.2, -0.15) is 0 Å². The minimum atomic E-state index is -0.904. The van der Waals surface area contributed by atoms with Crippen molar-refractivity contribution in [3.05, 3.63) is 39.9 Å². The van der Waals surface area contributed by atoms with E-state index in [0.29, 0.717) is 5.75 Å². The lowest BCUT2D eigenvalue weighted by Crippen LogP contribution is -2.00. The zero-order chi connectivity index (χ0) is 9.84. The number of nitro groups is 1. The highest BCUT2D eigenvalue weighted by molar-refractivity contribution is 7.89. The average Bonchev–Trinajstić information content (AvgIpc) is 2.04. The van der Waals surface area contributed by atoms with Gasteiger partial charge in [0.15, 0.2) is 0 Å². The Morgan fingerprint density at radius 2 is 1.92 bits per heavy atom. The fourth-order valence-electron chi connectivity index (χ4n) is 0.949. The molecule has 0 aromatic heterocycles. The maximum absolute atomic E-state index is 10.8. The van der Waals surface area contributed by atoms with Crippen molar-refractivity contribution in [1.29, 1.82) is 0 Å². The Morgan fingerprint density at radius 1 is 1.38 bits per heavy atom. The molecule has 0 bridgehead atoms. The van der Waals surface area contributed by atoms with E-state index >= 15 is 0 Å². The SMILES string of the molecule is C[S+]([O-])Cc1ccc([N+](=O)[O-])cc1. The Hall–Kier alpha value is -1.07. The number of hydrogen-bond acceptors (Lipinski definition) is 3. The van der Waals surface area contributed by atoms with Crippen molar-refractivity contribution in [3.8, 4) is 0 Å². The van der Waals surface area contributed by atoms with Crippen molar-refractivity contribution in [1.82, 2.24) is 0 Å². The van der Waals surface area contributed by atoms with E-state index in [4.69, 9.17) is 0 Å². The van der Waals surface area contributed by atoms with Gasteiger partial charge in [0.05, 0.1) is 11.2 Å². The monoisotopic (exact) mass is 199 g/mol. The summed E-state index contributed by atoms with van der Waals surface area (Å²) in [4.78, 5) is 9.83. The number of rotatable bonds is 3. The van der Waals surface area contributed by atoms with Crippen LogP contribution in [-0.4, -0.2) is 15.7 Å². The fourth-order valence-corrected chi connectivity index (χ4v) is 1.61. The third-order valence-corrected chi connectivity index (χ3v) is 2.26. The summed E-state index contributed by atoms with van der Waals surface area (Å²) in [5.74, 6) is 0.442. The third kappa shape index (κ3) is 3.04. The van der Waals surface area contributed by atoms with Gasteiger partial charge in [0.25, 0.3) is 5.69 Å². The van der Waals surface area contributed by atoms with Gasteiger partial charge >= 0.3 is 0 Å². The highest BCUT2D eigenvalue weighted by Crippen LogP contribution is 2.13. The summed E-state index contributed by atoms with van der Waals surface area (Å²) in [6.07, 6.45) is 1.60. The topological polar surface area (TPSA) is 66.2 Å². The Morgan fingerprint density at radius 3 is 2.31 bits per heavy atom. The Bertz CT molecular complexity index is 297. The molecule has 1 aromatic rings. The lowest BCUT2D eigenvalue weighted by Gasteiger charge is -2.03. The summed E-state index contributed by atoms with van der Waals surface area (Å²) in [5, 5.41) is 10.3. The van der Waals surface area contributed by atoms with Crippen LogP contribution in [0.2, 0.25) is 0 Å². The maximum atomic E-state index is 10.8. The second-order valence-corrected chi connectivity index (χ2v) is 4.08. The summed E-state index contributed by atoms with van der Waals surface area (Å²) in [6.45, 7) is 0. The fraction of sp³-hybridized carbons (Fsp3) is 0.250. The predicted octanol–water partition coefficient (Wildman–Crippen LogP) is 1.47. The van der Waals surface area contributed by atoms with Crippen molar-refractivity contribution in [2.45, 2.75) is 5.75 Å². The molecule has 0 aliphatic rings. The van der Waals surface area contributed by atoms with Crippen molar-refractivity contribution >= 4 is 16.9 Å². The molecule has 0 saturated carbocycles. The van der Waals surface area contributed by atoms with Crippen LogP contribution in [0, 0.1) is 10.1 Å². The van der Waals surface area contributed by atoms with Gasteiger partial charge < -0.3 is 4.55 Å². The number of non-ortho nitro benzene ring substituents is 1. The van der Waals surface area contributed by atoms with Crippen LogP contribution >= 0.6 is 0 Å². The maximum Gasteiger partial charge on any atom is 0.269 e. The highest BCUT2D eigenvalue weighted by atomic mass is 32.2. The lowest BCUT2D eigenvalue weighted by molar-refractivity contribution is -0.384. The minimum Gasteiger partial charge on any atom is -0.616 e. The predicted molar refractivity (Wildman–Crippen MR) is 50.9 cm³/mol.